The maximum atomic E-state index is 11.5. The summed E-state index contributed by atoms with van der Waals surface area (Å²) in [6, 6.07) is 3.72. The molecule has 0 fully saturated rings. The van der Waals surface area contributed by atoms with Crippen molar-refractivity contribution in [1.29, 1.82) is 0 Å². The van der Waals surface area contributed by atoms with E-state index in [0.29, 0.717) is 22.5 Å². The zero-order valence-corrected chi connectivity index (χ0v) is 12.9. The lowest BCUT2D eigenvalue weighted by Gasteiger charge is -2.14. The van der Waals surface area contributed by atoms with Gasteiger partial charge in [0.2, 0.25) is 0 Å². The second-order valence-corrected chi connectivity index (χ2v) is 5.18. The van der Waals surface area contributed by atoms with Crippen molar-refractivity contribution in [3.63, 3.8) is 0 Å². The third-order valence-corrected chi connectivity index (χ3v) is 2.91. The normalized spacial score (nSPS) is 10.4. The van der Waals surface area contributed by atoms with Gasteiger partial charge in [0.25, 0.3) is 5.91 Å². The Balaban J connectivity index is 2.80. The van der Waals surface area contributed by atoms with Crippen LogP contribution in [-0.4, -0.2) is 25.7 Å². The molecular weight excluding hydrogens is 312 g/mol. The van der Waals surface area contributed by atoms with E-state index in [1.54, 1.807) is 13.2 Å². The molecule has 0 bridgehead atoms. The molecule has 0 aliphatic carbocycles. The van der Waals surface area contributed by atoms with E-state index in [0.717, 1.165) is 5.56 Å². The first-order valence-electron chi connectivity index (χ1n) is 5.96. The number of halogens is 1. The van der Waals surface area contributed by atoms with Crippen molar-refractivity contribution < 1.29 is 14.3 Å². The molecule has 3 N–H and O–H groups in total. The van der Waals surface area contributed by atoms with Crippen molar-refractivity contribution in [3.05, 3.63) is 22.2 Å². The summed E-state index contributed by atoms with van der Waals surface area (Å²) in [6.07, 6.45) is 0. The van der Waals surface area contributed by atoms with E-state index in [-0.39, 0.29) is 18.6 Å². The molecule has 0 saturated heterocycles. The van der Waals surface area contributed by atoms with Gasteiger partial charge in [-0.3, -0.25) is 4.79 Å². The van der Waals surface area contributed by atoms with E-state index in [9.17, 15) is 4.79 Å². The van der Waals surface area contributed by atoms with Gasteiger partial charge in [0.1, 0.15) is 0 Å². The van der Waals surface area contributed by atoms with E-state index < -0.39 is 0 Å². The van der Waals surface area contributed by atoms with E-state index in [4.69, 9.17) is 15.2 Å². The highest BCUT2D eigenvalue weighted by molar-refractivity contribution is 9.10. The Hall–Kier alpha value is -1.27. The zero-order chi connectivity index (χ0) is 14.4. The molecule has 1 aromatic carbocycles. The summed E-state index contributed by atoms with van der Waals surface area (Å²) in [5.41, 5.74) is 6.51. The number of methoxy groups -OCH3 is 1. The Bertz CT molecular complexity index is 450. The molecular formula is C13H19BrN2O3. The Morgan fingerprint density at radius 1 is 1.47 bits per heavy atom. The highest BCUT2D eigenvalue weighted by Gasteiger charge is 2.13. The van der Waals surface area contributed by atoms with Gasteiger partial charge in [-0.15, -0.1) is 0 Å². The molecule has 0 saturated carbocycles. The average molecular weight is 331 g/mol. The summed E-state index contributed by atoms with van der Waals surface area (Å²) < 4.78 is 11.4. The van der Waals surface area contributed by atoms with Crippen molar-refractivity contribution in [2.45, 2.75) is 26.4 Å². The number of nitrogens with one attached hydrogen (secondary N) is 1. The molecule has 0 spiro atoms. The number of nitrogens with two attached hydrogens (primary N) is 1. The van der Waals surface area contributed by atoms with Gasteiger partial charge in [0, 0.05) is 12.6 Å². The predicted molar refractivity (Wildman–Crippen MR) is 77.4 cm³/mol. The molecule has 0 heterocycles. The van der Waals surface area contributed by atoms with Crippen LogP contribution in [-0.2, 0) is 11.3 Å². The first kappa shape index (κ1) is 15.8. The summed E-state index contributed by atoms with van der Waals surface area (Å²) >= 11 is 3.39. The summed E-state index contributed by atoms with van der Waals surface area (Å²) in [5, 5.41) is 2.75. The lowest BCUT2D eigenvalue weighted by atomic mass is 10.2. The van der Waals surface area contributed by atoms with Crippen LogP contribution in [0.5, 0.6) is 11.5 Å². The molecule has 1 aromatic rings. The first-order valence-corrected chi connectivity index (χ1v) is 6.75. The van der Waals surface area contributed by atoms with Gasteiger partial charge in [-0.1, -0.05) is 0 Å². The fourth-order valence-corrected chi connectivity index (χ4v) is 2.14. The minimum atomic E-state index is -0.174. The fourth-order valence-electron chi connectivity index (χ4n) is 1.53. The number of ether oxygens (including phenoxy) is 2. The zero-order valence-electron chi connectivity index (χ0n) is 11.3. The molecule has 1 rings (SSSR count). The quantitative estimate of drug-likeness (QED) is 0.834. The fraction of sp³-hybridized carbons (Fsp3) is 0.462. The van der Waals surface area contributed by atoms with E-state index in [1.165, 1.54) is 0 Å². The molecule has 6 heteroatoms. The number of benzene rings is 1. The minimum absolute atomic E-state index is 0.0604. The van der Waals surface area contributed by atoms with Crippen molar-refractivity contribution >= 4 is 21.8 Å². The van der Waals surface area contributed by atoms with Crippen LogP contribution in [0, 0.1) is 0 Å². The van der Waals surface area contributed by atoms with Crippen molar-refractivity contribution in [1.82, 2.24) is 5.32 Å². The Morgan fingerprint density at radius 3 is 2.68 bits per heavy atom. The molecule has 106 valence electrons. The van der Waals surface area contributed by atoms with Crippen LogP contribution >= 0.6 is 15.9 Å². The largest absolute Gasteiger partial charge is 0.493 e. The number of rotatable bonds is 6. The monoisotopic (exact) mass is 330 g/mol. The van der Waals surface area contributed by atoms with Gasteiger partial charge in [0.15, 0.2) is 18.1 Å². The third-order valence-electron chi connectivity index (χ3n) is 2.32. The summed E-state index contributed by atoms with van der Waals surface area (Å²) in [6.45, 7) is 4.13. The maximum absolute atomic E-state index is 11.5. The van der Waals surface area contributed by atoms with Gasteiger partial charge in [-0.25, -0.2) is 0 Å². The summed E-state index contributed by atoms with van der Waals surface area (Å²) in [7, 11) is 1.54. The molecule has 0 unspecified atom stereocenters. The second-order valence-electron chi connectivity index (χ2n) is 4.32. The van der Waals surface area contributed by atoms with E-state index in [2.05, 4.69) is 21.2 Å². The molecule has 0 aliphatic rings. The minimum Gasteiger partial charge on any atom is -0.493 e. The van der Waals surface area contributed by atoms with Gasteiger partial charge >= 0.3 is 0 Å². The average Bonchev–Trinajstić information content (AvgIpc) is 2.35. The molecule has 1 amide bonds. The van der Waals surface area contributed by atoms with Crippen LogP contribution in [0.15, 0.2) is 16.6 Å². The smallest absolute Gasteiger partial charge is 0.258 e. The lowest BCUT2D eigenvalue weighted by Crippen LogP contribution is -2.34. The number of hydrogen-bond acceptors (Lipinski definition) is 4. The van der Waals surface area contributed by atoms with Gasteiger partial charge in [-0.2, -0.15) is 0 Å². The van der Waals surface area contributed by atoms with Crippen LogP contribution in [0.2, 0.25) is 0 Å². The second kappa shape index (κ2) is 7.35. The number of carbonyl (C=O) groups is 1. The Kier molecular flexibility index (Phi) is 6.11. The first-order chi connectivity index (χ1) is 8.97. The molecule has 19 heavy (non-hydrogen) atoms. The predicted octanol–water partition coefficient (Wildman–Crippen LogP) is 1.82. The Labute approximate surface area is 121 Å². The van der Waals surface area contributed by atoms with Crippen molar-refractivity contribution in [2.24, 2.45) is 5.73 Å². The topological polar surface area (TPSA) is 73.6 Å². The van der Waals surface area contributed by atoms with Crippen LogP contribution < -0.4 is 20.5 Å². The molecule has 0 atom stereocenters. The summed E-state index contributed by atoms with van der Waals surface area (Å²) in [5.74, 6) is 0.873. The van der Waals surface area contributed by atoms with Crippen LogP contribution in [0.1, 0.15) is 19.4 Å². The third kappa shape index (κ3) is 4.72. The van der Waals surface area contributed by atoms with Crippen LogP contribution in [0.4, 0.5) is 0 Å². The molecule has 5 nitrogen and oxygen atoms in total. The highest BCUT2D eigenvalue weighted by Crippen LogP contribution is 2.36. The maximum Gasteiger partial charge on any atom is 0.258 e. The van der Waals surface area contributed by atoms with Crippen LogP contribution in [0.25, 0.3) is 0 Å². The number of hydrogen-bond donors (Lipinski definition) is 2. The molecule has 0 radical (unpaired) electrons. The molecule has 0 aliphatic heterocycles. The lowest BCUT2D eigenvalue weighted by molar-refractivity contribution is -0.123. The van der Waals surface area contributed by atoms with Gasteiger partial charge in [0.05, 0.1) is 11.6 Å². The SMILES string of the molecule is COc1cc(CN)cc(Br)c1OCC(=O)NC(C)C. The molecule has 0 aromatic heterocycles. The van der Waals surface area contributed by atoms with Gasteiger partial charge < -0.3 is 20.5 Å². The highest BCUT2D eigenvalue weighted by atomic mass is 79.9. The van der Waals surface area contributed by atoms with Crippen LogP contribution in [0.3, 0.4) is 0 Å². The van der Waals surface area contributed by atoms with Crippen molar-refractivity contribution in [3.8, 4) is 11.5 Å². The van der Waals surface area contributed by atoms with E-state index >= 15 is 0 Å². The van der Waals surface area contributed by atoms with Gasteiger partial charge in [-0.05, 0) is 47.5 Å². The Morgan fingerprint density at radius 2 is 2.16 bits per heavy atom. The number of amides is 1. The summed E-state index contributed by atoms with van der Waals surface area (Å²) in [4.78, 5) is 11.5. The van der Waals surface area contributed by atoms with Crippen molar-refractivity contribution in [2.75, 3.05) is 13.7 Å². The van der Waals surface area contributed by atoms with E-state index in [1.807, 2.05) is 19.9 Å². The number of carbonyl (C=O) groups excluding carboxylic acids is 1. The standard InChI is InChI=1S/C13H19BrN2O3/c1-8(2)16-12(17)7-19-13-10(14)4-9(6-15)5-11(13)18-3/h4-5,8H,6-7,15H2,1-3H3,(H,16,17).